The number of hydrogen-bond acceptors (Lipinski definition) is 3. The summed E-state index contributed by atoms with van der Waals surface area (Å²) in [6.45, 7) is 0. The Labute approximate surface area is 323 Å². The van der Waals surface area contributed by atoms with Crippen molar-refractivity contribution in [2.75, 3.05) is 0 Å². The van der Waals surface area contributed by atoms with E-state index in [1.807, 2.05) is 0 Å². The zero-order valence-corrected chi connectivity index (χ0v) is 30.3. The van der Waals surface area contributed by atoms with E-state index in [2.05, 4.69) is 209 Å². The molecule has 0 fully saturated rings. The molecule has 0 radical (unpaired) electrons. The number of rotatable bonds is 6. The van der Waals surface area contributed by atoms with E-state index in [1.54, 1.807) is 0 Å². The Morgan fingerprint density at radius 3 is 1.04 bits per heavy atom. The van der Waals surface area contributed by atoms with Gasteiger partial charge in [-0.25, -0.2) is 0 Å². The highest BCUT2D eigenvalue weighted by molar-refractivity contribution is 6.10. The number of fused-ring (bicyclic) bond motifs is 6. The van der Waals surface area contributed by atoms with Crippen molar-refractivity contribution < 1.29 is 0 Å². The Morgan fingerprint density at radius 1 is 0.250 bits per heavy atom. The minimum Gasteiger partial charge on any atom is -0.278 e. The second-order valence-electron chi connectivity index (χ2n) is 14.1. The number of aromatic nitrogens is 5. The molecule has 11 aromatic rings. The van der Waals surface area contributed by atoms with Crippen LogP contribution in [0, 0.1) is 0 Å². The number of nitrogens with zero attached hydrogens (tertiary/aromatic N) is 5. The van der Waals surface area contributed by atoms with Gasteiger partial charge in [0.1, 0.15) is 0 Å². The lowest BCUT2D eigenvalue weighted by Crippen LogP contribution is -2.10. The molecule has 0 N–H and O–H groups in total. The molecule has 262 valence electrons. The summed E-state index contributed by atoms with van der Waals surface area (Å²) in [6, 6.07) is 70.4. The van der Waals surface area contributed by atoms with Gasteiger partial charge in [-0.05, 0) is 69.8 Å². The van der Waals surface area contributed by atoms with Gasteiger partial charge in [-0.3, -0.25) is 9.13 Å². The zero-order valence-electron chi connectivity index (χ0n) is 30.3. The van der Waals surface area contributed by atoms with E-state index in [1.165, 1.54) is 16.7 Å². The molecular weight excluding hydrogens is 683 g/mol. The Morgan fingerprint density at radius 2 is 0.571 bits per heavy atom. The third-order valence-electron chi connectivity index (χ3n) is 10.8. The Bertz CT molecular complexity index is 3010. The first-order valence-corrected chi connectivity index (χ1v) is 18.9. The fraction of sp³-hybridized carbons (Fsp3) is 0. The van der Waals surface area contributed by atoms with E-state index in [0.717, 1.165) is 65.9 Å². The molecule has 0 unspecified atom stereocenters. The third-order valence-corrected chi connectivity index (χ3v) is 10.8. The molecule has 0 aliphatic rings. The fourth-order valence-corrected chi connectivity index (χ4v) is 8.16. The summed E-state index contributed by atoms with van der Waals surface area (Å²) in [5.41, 5.74) is 12.0. The quantitative estimate of drug-likeness (QED) is 0.172. The van der Waals surface area contributed by atoms with Crippen LogP contribution in [0.1, 0.15) is 0 Å². The van der Waals surface area contributed by atoms with Crippen molar-refractivity contribution >= 4 is 43.6 Å². The van der Waals surface area contributed by atoms with E-state index in [0.29, 0.717) is 17.7 Å². The van der Waals surface area contributed by atoms with Gasteiger partial charge in [0.2, 0.25) is 11.9 Å². The monoisotopic (exact) mass is 715 g/mol. The topological polar surface area (TPSA) is 48.5 Å². The Hall–Kier alpha value is -7.63. The summed E-state index contributed by atoms with van der Waals surface area (Å²) in [7, 11) is 0. The molecule has 3 heterocycles. The molecule has 8 aromatic carbocycles. The summed E-state index contributed by atoms with van der Waals surface area (Å²) in [5.74, 6) is 1.73. The van der Waals surface area contributed by atoms with Crippen molar-refractivity contribution in [3.63, 3.8) is 0 Å². The number of hydrogen-bond donors (Lipinski definition) is 0. The van der Waals surface area contributed by atoms with E-state index in [-0.39, 0.29) is 0 Å². The van der Waals surface area contributed by atoms with Crippen LogP contribution in [0.25, 0.3) is 100 Å². The Kier molecular flexibility index (Phi) is 7.42. The summed E-state index contributed by atoms with van der Waals surface area (Å²) in [5, 5.41) is 4.61. The van der Waals surface area contributed by atoms with E-state index < -0.39 is 0 Å². The summed E-state index contributed by atoms with van der Waals surface area (Å²) in [4.78, 5) is 15.9. The highest BCUT2D eigenvalue weighted by atomic mass is 15.3. The average Bonchev–Trinajstić information content (AvgIpc) is 3.80. The molecule has 5 heteroatoms. The van der Waals surface area contributed by atoms with Crippen LogP contribution in [0.4, 0.5) is 0 Å². The van der Waals surface area contributed by atoms with Crippen LogP contribution < -0.4 is 0 Å². The highest BCUT2D eigenvalue weighted by Gasteiger charge is 2.20. The van der Waals surface area contributed by atoms with E-state index >= 15 is 0 Å². The molecule has 0 aliphatic heterocycles. The predicted molar refractivity (Wildman–Crippen MR) is 230 cm³/mol. The maximum atomic E-state index is 5.30. The van der Waals surface area contributed by atoms with Crippen LogP contribution in [0.15, 0.2) is 200 Å². The number of benzene rings is 8. The van der Waals surface area contributed by atoms with Gasteiger partial charge in [0.25, 0.3) is 0 Å². The van der Waals surface area contributed by atoms with Crippen molar-refractivity contribution in [2.45, 2.75) is 0 Å². The van der Waals surface area contributed by atoms with Crippen molar-refractivity contribution in [3.8, 4) is 56.7 Å². The van der Waals surface area contributed by atoms with Gasteiger partial charge in [0.15, 0.2) is 5.82 Å². The van der Waals surface area contributed by atoms with Crippen LogP contribution in [-0.4, -0.2) is 24.1 Å². The average molecular weight is 716 g/mol. The minimum absolute atomic E-state index is 0.565. The van der Waals surface area contributed by atoms with Gasteiger partial charge < -0.3 is 0 Å². The molecule has 0 atom stereocenters. The van der Waals surface area contributed by atoms with Gasteiger partial charge in [-0.2, -0.15) is 15.0 Å². The standard InChI is InChI=1S/C51H33N5/c1-2-14-34(15-3-1)35-28-30-36(31-29-35)37-16-12-17-38(32-37)39-18-13-19-40(33-39)49-52-50(55-45-24-8-4-20-41(45)42-21-5-9-25-46(42)55)54-51(53-49)56-47-26-10-6-22-43(47)44-23-7-11-27-48(44)56/h1-33H. The molecule has 0 spiro atoms. The van der Waals surface area contributed by atoms with Gasteiger partial charge >= 0.3 is 0 Å². The second kappa shape index (κ2) is 13.0. The molecular formula is C51H33N5. The SMILES string of the molecule is c1ccc(-c2ccc(-c3cccc(-c4cccc(-c5nc(-n6c7ccccc7c7ccccc76)nc(-n6c7ccccc7c7ccccc76)n5)c4)c3)cc2)cc1. The molecule has 3 aromatic heterocycles. The second-order valence-corrected chi connectivity index (χ2v) is 14.1. The van der Waals surface area contributed by atoms with Gasteiger partial charge in [-0.1, -0.05) is 164 Å². The lowest BCUT2D eigenvalue weighted by atomic mass is 9.96. The maximum Gasteiger partial charge on any atom is 0.240 e. The normalized spacial score (nSPS) is 11.6. The molecule has 0 saturated carbocycles. The first kappa shape index (κ1) is 31.9. The van der Waals surface area contributed by atoms with Crippen LogP contribution in [0.5, 0.6) is 0 Å². The molecule has 0 saturated heterocycles. The third kappa shape index (κ3) is 5.29. The van der Waals surface area contributed by atoms with Crippen molar-refractivity contribution in [1.82, 2.24) is 24.1 Å². The minimum atomic E-state index is 0.565. The maximum absolute atomic E-state index is 5.30. The highest BCUT2D eigenvalue weighted by Crippen LogP contribution is 2.35. The van der Waals surface area contributed by atoms with Crippen LogP contribution in [0.3, 0.4) is 0 Å². The number of para-hydroxylation sites is 4. The van der Waals surface area contributed by atoms with Crippen LogP contribution in [-0.2, 0) is 0 Å². The Balaban J connectivity index is 1.08. The summed E-state index contributed by atoms with van der Waals surface area (Å²) < 4.78 is 4.34. The summed E-state index contributed by atoms with van der Waals surface area (Å²) >= 11 is 0. The van der Waals surface area contributed by atoms with E-state index in [4.69, 9.17) is 15.0 Å². The predicted octanol–water partition coefficient (Wildman–Crippen LogP) is 12.7. The first-order chi connectivity index (χ1) is 27.8. The fourth-order valence-electron chi connectivity index (χ4n) is 8.16. The molecule has 0 amide bonds. The molecule has 11 rings (SSSR count). The lowest BCUT2D eigenvalue weighted by Gasteiger charge is -2.13. The van der Waals surface area contributed by atoms with Crippen molar-refractivity contribution in [1.29, 1.82) is 0 Å². The van der Waals surface area contributed by atoms with Crippen molar-refractivity contribution in [2.24, 2.45) is 0 Å². The van der Waals surface area contributed by atoms with Crippen molar-refractivity contribution in [3.05, 3.63) is 200 Å². The van der Waals surface area contributed by atoms with Gasteiger partial charge in [0, 0.05) is 27.1 Å². The van der Waals surface area contributed by atoms with Gasteiger partial charge in [-0.15, -0.1) is 0 Å². The molecule has 56 heavy (non-hydrogen) atoms. The molecule has 5 nitrogen and oxygen atoms in total. The molecule has 0 bridgehead atoms. The zero-order chi connectivity index (χ0) is 37.0. The first-order valence-electron chi connectivity index (χ1n) is 18.9. The van der Waals surface area contributed by atoms with Crippen LogP contribution in [0.2, 0.25) is 0 Å². The largest absolute Gasteiger partial charge is 0.278 e. The lowest BCUT2D eigenvalue weighted by molar-refractivity contribution is 0.893. The molecule has 0 aliphatic carbocycles. The van der Waals surface area contributed by atoms with Crippen LogP contribution >= 0.6 is 0 Å². The summed E-state index contributed by atoms with van der Waals surface area (Å²) in [6.07, 6.45) is 0. The van der Waals surface area contributed by atoms with Gasteiger partial charge in [0.05, 0.1) is 22.1 Å². The van der Waals surface area contributed by atoms with E-state index in [9.17, 15) is 0 Å². The smallest absolute Gasteiger partial charge is 0.240 e.